The van der Waals surface area contributed by atoms with E-state index in [2.05, 4.69) is 28.3 Å². The number of nitrogens with one attached hydrogen (secondary N) is 1. The Hall–Kier alpha value is -3.62. The normalized spacial score (nSPS) is 15.1. The fourth-order valence-corrected chi connectivity index (χ4v) is 3.77. The number of esters is 1. The number of aliphatic carboxylic acids is 1. The molecule has 0 fully saturated rings. The predicted molar refractivity (Wildman–Crippen MR) is 133 cm³/mol. The van der Waals surface area contributed by atoms with Crippen molar-refractivity contribution in [3.63, 3.8) is 0 Å². The number of allylic oxidation sites excluding steroid dienone is 4. The molecule has 0 aliphatic heterocycles. The van der Waals surface area contributed by atoms with E-state index in [1.54, 1.807) is 13.8 Å². The zero-order chi connectivity index (χ0) is 26.5. The number of rotatable bonds is 13. The molecule has 0 heterocycles. The number of carboxylic acids is 1. The van der Waals surface area contributed by atoms with Crippen LogP contribution in [-0.4, -0.2) is 48.0 Å². The second-order valence-electron chi connectivity index (χ2n) is 8.64. The van der Waals surface area contributed by atoms with Crippen LogP contribution in [0.2, 0.25) is 0 Å². The van der Waals surface area contributed by atoms with Gasteiger partial charge in [0.2, 0.25) is 12.2 Å². The summed E-state index contributed by atoms with van der Waals surface area (Å²) in [6.45, 7) is 4.82. The van der Waals surface area contributed by atoms with Gasteiger partial charge >= 0.3 is 18.1 Å². The number of carbonyl (C=O) groups excluding carboxylic acids is 3. The van der Waals surface area contributed by atoms with Gasteiger partial charge < -0.3 is 24.6 Å². The van der Waals surface area contributed by atoms with Crippen molar-refractivity contribution in [3.8, 4) is 0 Å². The van der Waals surface area contributed by atoms with Crippen molar-refractivity contribution < 1.29 is 38.5 Å². The molecule has 196 valence electrons. The van der Waals surface area contributed by atoms with Gasteiger partial charge in [0.1, 0.15) is 0 Å². The molecule has 1 aliphatic carbocycles. The van der Waals surface area contributed by atoms with Gasteiger partial charge in [-0.05, 0) is 49.3 Å². The highest BCUT2D eigenvalue weighted by molar-refractivity contribution is 5.81. The molecule has 0 saturated heterocycles. The Morgan fingerprint density at radius 2 is 1.75 bits per heavy atom. The van der Waals surface area contributed by atoms with Crippen LogP contribution in [0.25, 0.3) is 5.57 Å². The monoisotopic (exact) mass is 501 g/mol. The highest BCUT2D eigenvalue weighted by atomic mass is 16.8. The highest BCUT2D eigenvalue weighted by Gasteiger charge is 2.25. The minimum absolute atomic E-state index is 0.133. The molecule has 1 amide bonds. The van der Waals surface area contributed by atoms with E-state index >= 15 is 0 Å². The molecule has 1 aromatic carbocycles. The summed E-state index contributed by atoms with van der Waals surface area (Å²) in [5.74, 6) is -2.69. The van der Waals surface area contributed by atoms with Crippen molar-refractivity contribution in [2.75, 3.05) is 6.61 Å². The van der Waals surface area contributed by atoms with Crippen LogP contribution in [0.1, 0.15) is 64.0 Å². The van der Waals surface area contributed by atoms with E-state index < -0.39 is 42.3 Å². The summed E-state index contributed by atoms with van der Waals surface area (Å²) in [4.78, 5) is 47.1. The van der Waals surface area contributed by atoms with Gasteiger partial charge in [0.25, 0.3) is 0 Å². The zero-order valence-corrected chi connectivity index (χ0v) is 21.0. The minimum Gasteiger partial charge on any atom is -0.481 e. The summed E-state index contributed by atoms with van der Waals surface area (Å²) in [5.41, 5.74) is 3.23. The quantitative estimate of drug-likeness (QED) is 0.301. The van der Waals surface area contributed by atoms with Gasteiger partial charge in [-0.25, -0.2) is 4.79 Å². The molecule has 2 N–H and O–H groups in total. The van der Waals surface area contributed by atoms with E-state index in [-0.39, 0.29) is 25.9 Å². The van der Waals surface area contributed by atoms with Gasteiger partial charge in [0.15, 0.2) is 0 Å². The number of benzene rings is 1. The standard InChI is InChI=1S/C27H35NO8/c1-4-34-27(33)36-19(3)35-26(32)18(2)16-23(28-24(29)14-15-25(30)31)17-20-10-12-22(13-11-20)21-8-6-5-7-9-21/h6,8-13,18-19,23H,4-5,7,14-17H2,1-3H3,(H,28,29)(H,30,31). The fraction of sp³-hybridized carbons (Fsp3) is 0.481. The first-order valence-electron chi connectivity index (χ1n) is 12.2. The topological polar surface area (TPSA) is 128 Å². The van der Waals surface area contributed by atoms with Gasteiger partial charge in [-0.15, -0.1) is 0 Å². The van der Waals surface area contributed by atoms with Crippen LogP contribution in [0.3, 0.4) is 0 Å². The van der Waals surface area contributed by atoms with Crippen LogP contribution >= 0.6 is 0 Å². The van der Waals surface area contributed by atoms with Crippen molar-refractivity contribution in [1.82, 2.24) is 5.32 Å². The Morgan fingerprint density at radius 3 is 2.36 bits per heavy atom. The molecule has 0 radical (unpaired) electrons. The Balaban J connectivity index is 2.03. The van der Waals surface area contributed by atoms with Crippen molar-refractivity contribution in [3.05, 3.63) is 53.6 Å². The number of hydrogen-bond acceptors (Lipinski definition) is 7. The molecule has 2 rings (SSSR count). The molecular formula is C27H35NO8. The molecule has 3 atom stereocenters. The van der Waals surface area contributed by atoms with Crippen molar-refractivity contribution in [2.45, 2.75) is 71.6 Å². The molecular weight excluding hydrogens is 466 g/mol. The first-order chi connectivity index (χ1) is 17.2. The second kappa shape index (κ2) is 14.7. The van der Waals surface area contributed by atoms with Crippen LogP contribution in [0.5, 0.6) is 0 Å². The third kappa shape index (κ3) is 10.3. The molecule has 1 aromatic rings. The Labute approximate surface area is 211 Å². The lowest BCUT2D eigenvalue weighted by atomic mass is 9.94. The number of hydrogen-bond donors (Lipinski definition) is 2. The van der Waals surface area contributed by atoms with Gasteiger partial charge in [-0.3, -0.25) is 14.4 Å². The van der Waals surface area contributed by atoms with E-state index in [0.29, 0.717) is 6.42 Å². The van der Waals surface area contributed by atoms with Gasteiger partial charge in [0, 0.05) is 19.4 Å². The molecule has 0 saturated carbocycles. The molecule has 0 aromatic heterocycles. The van der Waals surface area contributed by atoms with Crippen LogP contribution in [0.4, 0.5) is 4.79 Å². The Bertz CT molecular complexity index is 966. The zero-order valence-electron chi connectivity index (χ0n) is 21.0. The van der Waals surface area contributed by atoms with Crippen LogP contribution < -0.4 is 5.32 Å². The number of carbonyl (C=O) groups is 4. The smallest absolute Gasteiger partial charge is 0.481 e. The molecule has 0 spiro atoms. The maximum absolute atomic E-state index is 12.5. The summed E-state index contributed by atoms with van der Waals surface area (Å²) >= 11 is 0. The maximum atomic E-state index is 12.5. The summed E-state index contributed by atoms with van der Waals surface area (Å²) < 4.78 is 14.7. The van der Waals surface area contributed by atoms with Gasteiger partial charge in [-0.2, -0.15) is 0 Å². The third-order valence-electron chi connectivity index (χ3n) is 5.54. The largest absolute Gasteiger partial charge is 0.511 e. The molecule has 9 nitrogen and oxygen atoms in total. The summed E-state index contributed by atoms with van der Waals surface area (Å²) in [6, 6.07) is 7.56. The fourth-order valence-electron chi connectivity index (χ4n) is 3.77. The number of amides is 1. The second-order valence-corrected chi connectivity index (χ2v) is 8.64. The van der Waals surface area contributed by atoms with E-state index in [4.69, 9.17) is 14.6 Å². The van der Waals surface area contributed by atoms with E-state index in [1.165, 1.54) is 12.5 Å². The predicted octanol–water partition coefficient (Wildman–Crippen LogP) is 4.40. The first kappa shape index (κ1) is 28.6. The lowest BCUT2D eigenvalue weighted by molar-refractivity contribution is -0.172. The summed E-state index contributed by atoms with van der Waals surface area (Å²) in [5, 5.41) is 11.7. The van der Waals surface area contributed by atoms with Crippen molar-refractivity contribution in [2.24, 2.45) is 5.92 Å². The lowest BCUT2D eigenvalue weighted by Gasteiger charge is -2.23. The molecule has 9 heteroatoms. The summed E-state index contributed by atoms with van der Waals surface area (Å²) in [7, 11) is 0. The van der Waals surface area contributed by atoms with Crippen LogP contribution in [0, 0.1) is 5.92 Å². The van der Waals surface area contributed by atoms with E-state index in [0.717, 1.165) is 24.0 Å². The number of ether oxygens (including phenoxy) is 3. The van der Waals surface area contributed by atoms with Gasteiger partial charge in [0.05, 0.1) is 18.9 Å². The molecule has 1 aliphatic rings. The average molecular weight is 502 g/mol. The minimum atomic E-state index is -1.13. The number of carboxylic acid groups (broad SMARTS) is 1. The van der Waals surface area contributed by atoms with Crippen molar-refractivity contribution >= 4 is 29.6 Å². The lowest BCUT2D eigenvalue weighted by Crippen LogP contribution is -2.39. The third-order valence-corrected chi connectivity index (χ3v) is 5.54. The summed E-state index contributed by atoms with van der Waals surface area (Å²) in [6.07, 6.45) is 6.68. The SMILES string of the molecule is CCOC(=O)OC(C)OC(=O)C(C)CC(Cc1ccc(C2=CCCC=C2)cc1)NC(=O)CCC(=O)O. The van der Waals surface area contributed by atoms with Gasteiger partial charge in [-0.1, -0.05) is 49.4 Å². The Kier molecular flexibility index (Phi) is 11.7. The van der Waals surface area contributed by atoms with Crippen LogP contribution in [-0.2, 0) is 35.0 Å². The highest BCUT2D eigenvalue weighted by Crippen LogP contribution is 2.22. The van der Waals surface area contributed by atoms with Crippen molar-refractivity contribution in [1.29, 1.82) is 0 Å². The Morgan fingerprint density at radius 1 is 1.03 bits per heavy atom. The van der Waals surface area contributed by atoms with E-state index in [9.17, 15) is 19.2 Å². The molecule has 3 unspecified atom stereocenters. The van der Waals surface area contributed by atoms with Crippen LogP contribution in [0.15, 0.2) is 42.5 Å². The van der Waals surface area contributed by atoms with E-state index in [1.807, 2.05) is 24.3 Å². The molecule has 36 heavy (non-hydrogen) atoms. The molecule has 0 bridgehead atoms. The average Bonchev–Trinajstić information content (AvgIpc) is 2.83. The maximum Gasteiger partial charge on any atom is 0.511 e. The first-order valence-corrected chi connectivity index (χ1v) is 12.2.